The zero-order valence-electron chi connectivity index (χ0n) is 17.8. The molecule has 2 aromatic rings. The molecule has 9 nitrogen and oxygen atoms in total. The maximum Gasteiger partial charge on any atom is 0.416 e. The molecule has 2 saturated heterocycles. The van der Waals surface area contributed by atoms with E-state index in [0.717, 1.165) is 17.8 Å². The number of amides is 2. The van der Waals surface area contributed by atoms with E-state index in [1.54, 1.807) is 12.1 Å². The summed E-state index contributed by atoms with van der Waals surface area (Å²) in [5.74, 6) is 1.25. The second kappa shape index (κ2) is 8.89. The maximum absolute atomic E-state index is 12.9. The van der Waals surface area contributed by atoms with Crippen molar-refractivity contribution in [3.8, 4) is 0 Å². The van der Waals surface area contributed by atoms with Gasteiger partial charge in [0.2, 0.25) is 0 Å². The van der Waals surface area contributed by atoms with E-state index in [4.69, 9.17) is 4.74 Å². The van der Waals surface area contributed by atoms with Crippen LogP contribution in [-0.2, 0) is 11.2 Å². The van der Waals surface area contributed by atoms with Crippen LogP contribution < -0.4 is 9.80 Å². The highest BCUT2D eigenvalue weighted by atomic mass is 16.6. The van der Waals surface area contributed by atoms with E-state index in [0.29, 0.717) is 37.6 Å². The number of carbonyl (C=O) groups excluding carboxylic acids is 2. The van der Waals surface area contributed by atoms with E-state index < -0.39 is 12.1 Å². The lowest BCUT2D eigenvalue weighted by molar-refractivity contribution is 0.0746. The highest BCUT2D eigenvalue weighted by molar-refractivity contribution is 5.95. The van der Waals surface area contributed by atoms with Gasteiger partial charge in [-0.3, -0.25) is 9.69 Å². The van der Waals surface area contributed by atoms with Crippen molar-refractivity contribution in [2.24, 2.45) is 0 Å². The van der Waals surface area contributed by atoms with Crippen LogP contribution in [0.4, 0.5) is 16.4 Å². The second-order valence-corrected chi connectivity index (χ2v) is 7.81. The molecule has 0 radical (unpaired) electrons. The maximum atomic E-state index is 12.9. The first-order chi connectivity index (χ1) is 15.0. The van der Waals surface area contributed by atoms with Gasteiger partial charge in [0.05, 0.1) is 18.2 Å². The van der Waals surface area contributed by atoms with Crippen LogP contribution in [0.25, 0.3) is 0 Å². The number of ether oxygens (including phenoxy) is 1. The normalized spacial score (nSPS) is 19.0. The Hall–Kier alpha value is -3.20. The first kappa shape index (κ1) is 21.0. The Balaban J connectivity index is 1.39. The molecule has 4 heterocycles. The van der Waals surface area contributed by atoms with Crippen LogP contribution in [0.15, 0.2) is 30.6 Å². The van der Waals surface area contributed by atoms with E-state index in [2.05, 4.69) is 34.8 Å². The number of anilines is 2. The Morgan fingerprint density at radius 1 is 1.19 bits per heavy atom. The molecule has 1 atom stereocenters. The molecule has 164 valence electrons. The molecule has 2 aromatic heterocycles. The molecular weight excluding hydrogens is 398 g/mol. The molecule has 2 aliphatic heterocycles. The number of piperazine rings is 1. The molecule has 1 N–H and O–H groups in total. The van der Waals surface area contributed by atoms with Gasteiger partial charge in [0.25, 0.3) is 5.91 Å². The van der Waals surface area contributed by atoms with Crippen molar-refractivity contribution in [1.82, 2.24) is 14.9 Å². The fourth-order valence-electron chi connectivity index (χ4n) is 3.98. The minimum Gasteiger partial charge on any atom is -0.447 e. The van der Waals surface area contributed by atoms with Crippen molar-refractivity contribution in [2.45, 2.75) is 26.3 Å². The van der Waals surface area contributed by atoms with Crippen LogP contribution in [0, 0.1) is 6.92 Å². The van der Waals surface area contributed by atoms with Gasteiger partial charge >= 0.3 is 6.09 Å². The van der Waals surface area contributed by atoms with Gasteiger partial charge in [-0.05, 0) is 36.6 Å². The topological polar surface area (TPSA) is 99.1 Å². The molecule has 0 unspecified atom stereocenters. The minimum absolute atomic E-state index is 0.0904. The highest BCUT2D eigenvalue weighted by Gasteiger charge is 2.34. The molecule has 2 amide bonds. The third kappa shape index (κ3) is 4.18. The Bertz CT molecular complexity index is 957. The number of rotatable bonds is 5. The summed E-state index contributed by atoms with van der Waals surface area (Å²) >= 11 is 0. The number of aromatic nitrogens is 2. The van der Waals surface area contributed by atoms with E-state index in [9.17, 15) is 14.7 Å². The number of nitrogens with zero attached hydrogens (tertiary/aromatic N) is 5. The molecule has 4 rings (SSSR count). The Kier molecular flexibility index (Phi) is 6.03. The van der Waals surface area contributed by atoms with Gasteiger partial charge in [0.1, 0.15) is 18.2 Å². The van der Waals surface area contributed by atoms with Gasteiger partial charge in [0, 0.05) is 38.6 Å². The number of aryl methyl sites for hydroxylation is 2. The molecule has 0 aliphatic carbocycles. The SMILES string of the molecule is CCc1cnc(N2CCN(C(=O)c3ccc(N4C(=O)OC[C@H]4CO)nc3)CC2)c(C)c1. The fourth-order valence-corrected chi connectivity index (χ4v) is 3.98. The van der Waals surface area contributed by atoms with Gasteiger partial charge in [-0.15, -0.1) is 0 Å². The molecule has 0 saturated carbocycles. The lowest BCUT2D eigenvalue weighted by Gasteiger charge is -2.36. The second-order valence-electron chi connectivity index (χ2n) is 7.81. The summed E-state index contributed by atoms with van der Waals surface area (Å²) in [5, 5.41) is 9.40. The van der Waals surface area contributed by atoms with E-state index in [-0.39, 0.29) is 19.1 Å². The average molecular weight is 425 g/mol. The third-order valence-electron chi connectivity index (χ3n) is 5.80. The number of aliphatic hydroxyl groups is 1. The quantitative estimate of drug-likeness (QED) is 0.777. The van der Waals surface area contributed by atoms with Crippen molar-refractivity contribution in [3.05, 3.63) is 47.3 Å². The molecule has 9 heteroatoms. The fraction of sp³-hybridized carbons (Fsp3) is 0.455. The first-order valence-electron chi connectivity index (χ1n) is 10.5. The van der Waals surface area contributed by atoms with Crippen LogP contribution in [-0.4, -0.2) is 77.4 Å². The highest BCUT2D eigenvalue weighted by Crippen LogP contribution is 2.23. The largest absolute Gasteiger partial charge is 0.447 e. The monoisotopic (exact) mass is 425 g/mol. The summed E-state index contributed by atoms with van der Waals surface area (Å²) in [6.45, 7) is 6.73. The number of hydrogen-bond acceptors (Lipinski definition) is 7. The van der Waals surface area contributed by atoms with Gasteiger partial charge in [-0.1, -0.05) is 13.0 Å². The van der Waals surface area contributed by atoms with Gasteiger partial charge in [-0.25, -0.2) is 14.8 Å². The van der Waals surface area contributed by atoms with E-state index in [1.807, 2.05) is 11.1 Å². The van der Waals surface area contributed by atoms with Crippen molar-refractivity contribution in [1.29, 1.82) is 0 Å². The summed E-state index contributed by atoms with van der Waals surface area (Å²) in [4.78, 5) is 39.0. The zero-order valence-corrected chi connectivity index (χ0v) is 17.8. The summed E-state index contributed by atoms with van der Waals surface area (Å²) in [6.07, 6.45) is 3.81. The van der Waals surface area contributed by atoms with Crippen molar-refractivity contribution in [3.63, 3.8) is 0 Å². The Morgan fingerprint density at radius 2 is 1.97 bits per heavy atom. The first-order valence-corrected chi connectivity index (χ1v) is 10.5. The Morgan fingerprint density at radius 3 is 2.58 bits per heavy atom. The smallest absolute Gasteiger partial charge is 0.416 e. The lowest BCUT2D eigenvalue weighted by atomic mass is 10.1. The lowest BCUT2D eigenvalue weighted by Crippen LogP contribution is -2.49. The van der Waals surface area contributed by atoms with Gasteiger partial charge < -0.3 is 19.6 Å². The van der Waals surface area contributed by atoms with Crippen LogP contribution in [0.5, 0.6) is 0 Å². The molecular formula is C22H27N5O4. The van der Waals surface area contributed by atoms with Crippen molar-refractivity contribution in [2.75, 3.05) is 49.2 Å². The van der Waals surface area contributed by atoms with E-state index in [1.165, 1.54) is 16.7 Å². The number of carbonyl (C=O) groups is 2. The van der Waals surface area contributed by atoms with Gasteiger partial charge in [0.15, 0.2) is 0 Å². The summed E-state index contributed by atoms with van der Waals surface area (Å²) in [6, 6.07) is 4.98. The minimum atomic E-state index is -0.544. The number of pyridine rings is 2. The average Bonchev–Trinajstić information content (AvgIpc) is 3.19. The van der Waals surface area contributed by atoms with E-state index >= 15 is 0 Å². The van der Waals surface area contributed by atoms with Crippen LogP contribution in [0.1, 0.15) is 28.4 Å². The molecule has 31 heavy (non-hydrogen) atoms. The summed E-state index contributed by atoms with van der Waals surface area (Å²) in [7, 11) is 0. The molecule has 0 bridgehead atoms. The van der Waals surface area contributed by atoms with Gasteiger partial charge in [-0.2, -0.15) is 0 Å². The third-order valence-corrected chi connectivity index (χ3v) is 5.80. The predicted octanol–water partition coefficient (Wildman–Crippen LogP) is 1.63. The molecule has 2 fully saturated rings. The molecule has 0 spiro atoms. The Labute approximate surface area is 181 Å². The summed E-state index contributed by atoms with van der Waals surface area (Å²) in [5.41, 5.74) is 2.84. The van der Waals surface area contributed by atoms with Crippen molar-refractivity contribution < 1.29 is 19.4 Å². The number of hydrogen-bond donors (Lipinski definition) is 1. The summed E-state index contributed by atoms with van der Waals surface area (Å²) < 4.78 is 4.97. The number of cyclic esters (lactones) is 1. The number of aliphatic hydroxyl groups excluding tert-OH is 1. The van der Waals surface area contributed by atoms with Crippen LogP contribution in [0.3, 0.4) is 0 Å². The predicted molar refractivity (Wildman–Crippen MR) is 115 cm³/mol. The van der Waals surface area contributed by atoms with Crippen LogP contribution in [0.2, 0.25) is 0 Å². The van der Waals surface area contributed by atoms with Crippen LogP contribution >= 0.6 is 0 Å². The molecule has 2 aliphatic rings. The standard InChI is InChI=1S/C22H27N5O4/c1-3-16-10-15(2)20(24-11-16)25-6-8-26(9-7-25)21(29)17-4-5-19(23-12-17)27-18(13-28)14-31-22(27)30/h4-5,10-12,18,28H,3,6-9,13-14H2,1-2H3/t18-/m1/s1. The van der Waals surface area contributed by atoms with Crippen molar-refractivity contribution >= 4 is 23.6 Å². The molecule has 0 aromatic carbocycles. The zero-order chi connectivity index (χ0) is 22.0.